The Labute approximate surface area is 209 Å². The minimum absolute atomic E-state index is 0.0456. The fourth-order valence-electron chi connectivity index (χ4n) is 4.41. The number of allylic oxidation sites excluding steroid dienone is 2. The van der Waals surface area contributed by atoms with Crippen molar-refractivity contribution in [1.29, 1.82) is 0 Å². The normalized spacial score (nSPS) is 15.5. The Morgan fingerprint density at radius 3 is 2.50 bits per heavy atom. The molecule has 1 heterocycles. The third-order valence-electron chi connectivity index (χ3n) is 6.36. The molecule has 3 aromatic carbocycles. The zero-order valence-corrected chi connectivity index (χ0v) is 20.5. The van der Waals surface area contributed by atoms with E-state index in [-0.39, 0.29) is 34.2 Å². The number of anilines is 1. The van der Waals surface area contributed by atoms with Crippen molar-refractivity contribution in [3.63, 3.8) is 0 Å². The van der Waals surface area contributed by atoms with Crippen LogP contribution in [0.2, 0.25) is 0 Å². The second kappa shape index (κ2) is 9.62. The molecule has 2 aliphatic rings. The van der Waals surface area contributed by atoms with E-state index in [9.17, 15) is 18.0 Å². The summed E-state index contributed by atoms with van der Waals surface area (Å²) in [6.45, 7) is 2.77. The van der Waals surface area contributed by atoms with Crippen molar-refractivity contribution in [2.75, 3.05) is 17.9 Å². The molecule has 3 aromatic rings. The predicted molar refractivity (Wildman–Crippen MR) is 135 cm³/mol. The second-order valence-electron chi connectivity index (χ2n) is 8.87. The van der Waals surface area contributed by atoms with E-state index < -0.39 is 15.8 Å². The number of Topliss-reactive ketones (excluding diaryl/α,β-unsaturated/α-hetero) is 2. The van der Waals surface area contributed by atoms with Gasteiger partial charge >= 0.3 is 0 Å². The molecule has 1 unspecified atom stereocenters. The highest BCUT2D eigenvalue weighted by atomic mass is 32.2. The van der Waals surface area contributed by atoms with Gasteiger partial charge in [0.1, 0.15) is 13.2 Å². The minimum atomic E-state index is -3.99. The standard InChI is InChI=1S/C28H25NO6S/c1-18(19-5-3-2-4-6-19)15-25(30)23-11-8-20-7-10-22(17-24(20)28(23)31)36(32,33)29-21-9-12-26-27(16-21)35-14-13-34-26/h2-7,9-12,16-18,29H,8,13-15H2,1H3. The molecule has 0 aromatic heterocycles. The van der Waals surface area contributed by atoms with Crippen molar-refractivity contribution in [1.82, 2.24) is 0 Å². The molecule has 0 amide bonds. The van der Waals surface area contributed by atoms with Gasteiger partial charge < -0.3 is 9.47 Å². The van der Waals surface area contributed by atoms with Gasteiger partial charge in [0.2, 0.25) is 0 Å². The molecule has 1 aliphatic carbocycles. The molecule has 0 bridgehead atoms. The summed E-state index contributed by atoms with van der Waals surface area (Å²) in [5.41, 5.74) is 2.37. The Hall–Kier alpha value is -3.91. The first-order valence-electron chi connectivity index (χ1n) is 11.7. The van der Waals surface area contributed by atoms with Crippen LogP contribution in [0.3, 0.4) is 0 Å². The molecule has 5 rings (SSSR count). The minimum Gasteiger partial charge on any atom is -0.486 e. The number of ketones is 2. The maximum Gasteiger partial charge on any atom is 0.261 e. The molecule has 8 heteroatoms. The van der Waals surface area contributed by atoms with E-state index >= 15 is 0 Å². The van der Waals surface area contributed by atoms with Crippen LogP contribution in [0.25, 0.3) is 0 Å². The summed E-state index contributed by atoms with van der Waals surface area (Å²) in [4.78, 5) is 26.2. The lowest BCUT2D eigenvalue weighted by molar-refractivity contribution is -0.115. The van der Waals surface area contributed by atoms with Gasteiger partial charge in [-0.1, -0.05) is 49.4 Å². The highest BCUT2D eigenvalue weighted by molar-refractivity contribution is 7.92. The van der Waals surface area contributed by atoms with Crippen molar-refractivity contribution in [2.24, 2.45) is 0 Å². The third kappa shape index (κ3) is 4.77. The highest BCUT2D eigenvalue weighted by Gasteiger charge is 2.28. The molecule has 1 N–H and O–H groups in total. The van der Waals surface area contributed by atoms with E-state index in [1.54, 1.807) is 30.3 Å². The van der Waals surface area contributed by atoms with Crippen LogP contribution in [0, 0.1) is 0 Å². The molecule has 7 nitrogen and oxygen atoms in total. The van der Waals surface area contributed by atoms with Gasteiger partial charge in [-0.2, -0.15) is 0 Å². The zero-order valence-electron chi connectivity index (χ0n) is 19.7. The molecule has 36 heavy (non-hydrogen) atoms. The van der Waals surface area contributed by atoms with E-state index in [1.165, 1.54) is 12.1 Å². The number of carbonyl (C=O) groups excluding carboxylic acids is 2. The number of nitrogens with one attached hydrogen (secondary N) is 1. The van der Waals surface area contributed by atoms with Crippen LogP contribution in [0.1, 0.15) is 40.7 Å². The first-order valence-corrected chi connectivity index (χ1v) is 13.2. The number of benzene rings is 3. The van der Waals surface area contributed by atoms with Crippen LogP contribution in [0.5, 0.6) is 11.5 Å². The van der Waals surface area contributed by atoms with Gasteiger partial charge in [-0.3, -0.25) is 14.3 Å². The molecular weight excluding hydrogens is 478 g/mol. The molecular formula is C28H25NO6S. The number of sulfonamides is 1. The summed E-state index contributed by atoms with van der Waals surface area (Å²) in [5.74, 6) is 0.271. The van der Waals surface area contributed by atoms with Crippen molar-refractivity contribution < 1.29 is 27.5 Å². The third-order valence-corrected chi connectivity index (χ3v) is 7.74. The Bertz CT molecular complexity index is 1480. The molecule has 0 fully saturated rings. The average molecular weight is 504 g/mol. The van der Waals surface area contributed by atoms with Gasteiger partial charge in [-0.25, -0.2) is 8.42 Å². The smallest absolute Gasteiger partial charge is 0.261 e. The van der Waals surface area contributed by atoms with Crippen LogP contribution in [-0.2, 0) is 21.2 Å². The molecule has 1 aliphatic heterocycles. The molecule has 1 atom stereocenters. The monoisotopic (exact) mass is 503 g/mol. The second-order valence-corrected chi connectivity index (χ2v) is 10.6. The van der Waals surface area contributed by atoms with Crippen LogP contribution in [0.4, 0.5) is 5.69 Å². The van der Waals surface area contributed by atoms with Crippen molar-refractivity contribution in [3.8, 4) is 11.5 Å². The fourth-order valence-corrected chi connectivity index (χ4v) is 5.49. The molecule has 184 valence electrons. The van der Waals surface area contributed by atoms with Crippen molar-refractivity contribution in [3.05, 3.63) is 95.1 Å². The maximum absolute atomic E-state index is 13.2. The zero-order chi connectivity index (χ0) is 25.3. The number of ether oxygens (including phenoxy) is 2. The Morgan fingerprint density at radius 1 is 0.972 bits per heavy atom. The van der Waals surface area contributed by atoms with Crippen molar-refractivity contribution >= 4 is 27.3 Å². The largest absolute Gasteiger partial charge is 0.486 e. The predicted octanol–water partition coefficient (Wildman–Crippen LogP) is 4.69. The van der Waals surface area contributed by atoms with Gasteiger partial charge in [0, 0.05) is 18.1 Å². The van der Waals surface area contributed by atoms with E-state index in [2.05, 4.69) is 4.72 Å². The van der Waals surface area contributed by atoms with Gasteiger partial charge in [0.25, 0.3) is 10.0 Å². The summed E-state index contributed by atoms with van der Waals surface area (Å²) in [5, 5.41) is 0. The lowest BCUT2D eigenvalue weighted by atomic mass is 9.85. The number of hydrogen-bond donors (Lipinski definition) is 1. The number of hydrogen-bond acceptors (Lipinski definition) is 6. The summed E-state index contributed by atoms with van der Waals surface area (Å²) < 4.78 is 39.7. The van der Waals surface area contributed by atoms with Crippen LogP contribution >= 0.6 is 0 Å². The lowest BCUT2D eigenvalue weighted by Gasteiger charge is -2.20. The number of carbonyl (C=O) groups is 2. The summed E-state index contributed by atoms with van der Waals surface area (Å²) in [6, 6.07) is 18.9. The van der Waals surface area contributed by atoms with Gasteiger partial charge in [-0.05, 0) is 47.7 Å². The van der Waals surface area contributed by atoms with E-state index in [0.717, 1.165) is 5.56 Å². The molecule has 0 saturated carbocycles. The number of rotatable bonds is 7. The first kappa shape index (κ1) is 23.8. The highest BCUT2D eigenvalue weighted by Crippen LogP contribution is 2.34. The van der Waals surface area contributed by atoms with E-state index in [0.29, 0.717) is 42.4 Å². The molecule has 0 radical (unpaired) electrons. The van der Waals surface area contributed by atoms with Crippen LogP contribution in [-0.4, -0.2) is 33.2 Å². The average Bonchev–Trinajstić information content (AvgIpc) is 2.89. The van der Waals surface area contributed by atoms with Crippen LogP contribution < -0.4 is 14.2 Å². The fraction of sp³-hybridized carbons (Fsp3) is 0.214. The first-order chi connectivity index (χ1) is 17.3. The summed E-state index contributed by atoms with van der Waals surface area (Å²) >= 11 is 0. The van der Waals surface area contributed by atoms with Gasteiger partial charge in [-0.15, -0.1) is 0 Å². The molecule has 0 saturated heterocycles. The van der Waals surface area contributed by atoms with E-state index in [4.69, 9.17) is 9.47 Å². The summed E-state index contributed by atoms with van der Waals surface area (Å²) in [6.07, 6.45) is 2.23. The Balaban J connectivity index is 1.35. The Kier molecular flexibility index (Phi) is 6.36. The quantitative estimate of drug-likeness (QED) is 0.470. The van der Waals surface area contributed by atoms with Gasteiger partial charge in [0.05, 0.1) is 16.2 Å². The number of fused-ring (bicyclic) bond motifs is 2. The topological polar surface area (TPSA) is 98.8 Å². The van der Waals surface area contributed by atoms with Crippen molar-refractivity contribution in [2.45, 2.75) is 30.6 Å². The lowest BCUT2D eigenvalue weighted by Crippen LogP contribution is -2.21. The van der Waals surface area contributed by atoms with Crippen LogP contribution in [0.15, 0.2) is 83.3 Å². The maximum atomic E-state index is 13.2. The molecule has 0 spiro atoms. The van der Waals surface area contributed by atoms with E-state index in [1.807, 2.05) is 37.3 Å². The SMILES string of the molecule is CC(CC(=O)C1=CCc2ccc(S(=O)(=O)Nc3ccc4c(c3)OCCO4)cc2C1=O)c1ccccc1. The Morgan fingerprint density at radius 2 is 1.72 bits per heavy atom. The summed E-state index contributed by atoms with van der Waals surface area (Å²) in [7, 11) is -3.99. The van der Waals surface area contributed by atoms with Gasteiger partial charge in [0.15, 0.2) is 23.1 Å².